The number of hydrogen-bond donors (Lipinski definition) is 2. The van der Waals surface area contributed by atoms with Crippen LogP contribution in [0.3, 0.4) is 0 Å². The molecule has 0 saturated carbocycles. The number of nitrogens with zero attached hydrogens (tertiary/aromatic N) is 3. The number of esters is 1. The van der Waals surface area contributed by atoms with Crippen LogP contribution in [0.1, 0.15) is 26.4 Å². The molecule has 0 unspecified atom stereocenters. The first-order valence-electron chi connectivity index (χ1n) is 9.35. The lowest BCUT2D eigenvalue weighted by Crippen LogP contribution is -2.12. The van der Waals surface area contributed by atoms with Crippen LogP contribution >= 0.6 is 11.6 Å². The van der Waals surface area contributed by atoms with Crippen molar-refractivity contribution in [2.24, 2.45) is 0 Å². The molecule has 0 spiro atoms. The summed E-state index contributed by atoms with van der Waals surface area (Å²) in [5, 5.41) is 14.6. The highest BCUT2D eigenvalue weighted by molar-refractivity contribution is 6.30. The summed E-state index contributed by atoms with van der Waals surface area (Å²) in [6.07, 6.45) is 3.22. The Bertz CT molecular complexity index is 1230. The maximum absolute atomic E-state index is 12.6. The zero-order chi connectivity index (χ0) is 21.8. The summed E-state index contributed by atoms with van der Waals surface area (Å²) in [5.41, 5.74) is 3.54. The highest BCUT2D eigenvalue weighted by Gasteiger charge is 2.14. The fourth-order valence-electron chi connectivity index (χ4n) is 3.06. The van der Waals surface area contributed by atoms with Crippen LogP contribution in [0.2, 0.25) is 5.02 Å². The molecule has 9 heteroatoms. The van der Waals surface area contributed by atoms with Crippen molar-refractivity contribution in [3.63, 3.8) is 0 Å². The predicted octanol–water partition coefficient (Wildman–Crippen LogP) is 4.01. The van der Waals surface area contributed by atoms with Gasteiger partial charge >= 0.3 is 5.97 Å². The van der Waals surface area contributed by atoms with Crippen molar-refractivity contribution < 1.29 is 14.3 Å². The van der Waals surface area contributed by atoms with Crippen molar-refractivity contribution in [1.29, 1.82) is 0 Å². The van der Waals surface area contributed by atoms with Crippen molar-refractivity contribution >= 4 is 29.2 Å². The second kappa shape index (κ2) is 8.85. The van der Waals surface area contributed by atoms with Crippen molar-refractivity contribution in [2.45, 2.75) is 6.54 Å². The Hall–Kier alpha value is -3.91. The van der Waals surface area contributed by atoms with E-state index in [4.69, 9.17) is 16.3 Å². The van der Waals surface area contributed by atoms with Crippen LogP contribution in [0.25, 0.3) is 11.3 Å². The maximum atomic E-state index is 12.6. The Morgan fingerprint density at radius 2 is 1.94 bits per heavy atom. The zero-order valence-corrected chi connectivity index (χ0v) is 17.3. The van der Waals surface area contributed by atoms with Crippen molar-refractivity contribution in [1.82, 2.24) is 20.0 Å². The number of benzene rings is 2. The Kier molecular flexibility index (Phi) is 5.81. The summed E-state index contributed by atoms with van der Waals surface area (Å²) in [6, 6.07) is 16.0. The van der Waals surface area contributed by atoms with Gasteiger partial charge in [0.05, 0.1) is 36.8 Å². The van der Waals surface area contributed by atoms with Gasteiger partial charge in [-0.05, 0) is 29.8 Å². The van der Waals surface area contributed by atoms with E-state index >= 15 is 0 Å². The third-order valence-corrected chi connectivity index (χ3v) is 4.86. The molecule has 31 heavy (non-hydrogen) atoms. The number of hydrogen-bond acceptors (Lipinski definition) is 5. The summed E-state index contributed by atoms with van der Waals surface area (Å²) in [6.45, 7) is 0.353. The molecule has 0 aliphatic carbocycles. The number of H-pyrrole nitrogens is 1. The fourth-order valence-corrected chi connectivity index (χ4v) is 3.19. The predicted molar refractivity (Wildman–Crippen MR) is 116 cm³/mol. The van der Waals surface area contributed by atoms with E-state index in [1.807, 2.05) is 24.3 Å². The molecule has 0 bridgehead atoms. The molecule has 2 heterocycles. The summed E-state index contributed by atoms with van der Waals surface area (Å²) < 4.78 is 6.45. The average Bonchev–Trinajstić information content (AvgIpc) is 3.44. The first-order valence-corrected chi connectivity index (χ1v) is 9.72. The lowest BCUT2D eigenvalue weighted by molar-refractivity contribution is 0.0599. The Morgan fingerprint density at radius 1 is 1.16 bits per heavy atom. The molecule has 8 nitrogen and oxygen atoms in total. The van der Waals surface area contributed by atoms with E-state index in [-0.39, 0.29) is 5.91 Å². The number of methoxy groups -OCH3 is 1. The van der Waals surface area contributed by atoms with Gasteiger partial charge in [0.15, 0.2) is 0 Å². The van der Waals surface area contributed by atoms with Crippen molar-refractivity contribution in [3.8, 4) is 11.3 Å². The molecular weight excluding hydrogens is 418 g/mol. The minimum Gasteiger partial charge on any atom is -0.465 e. The van der Waals surface area contributed by atoms with Gasteiger partial charge in [0.1, 0.15) is 5.69 Å². The van der Waals surface area contributed by atoms with Crippen LogP contribution in [0.15, 0.2) is 67.0 Å². The van der Waals surface area contributed by atoms with Crippen LogP contribution in [-0.4, -0.2) is 39.0 Å². The number of halogens is 1. The average molecular weight is 436 g/mol. The Morgan fingerprint density at radius 3 is 2.71 bits per heavy atom. The van der Waals surface area contributed by atoms with Gasteiger partial charge in [-0.1, -0.05) is 41.9 Å². The Balaban J connectivity index is 1.44. The van der Waals surface area contributed by atoms with E-state index in [0.717, 1.165) is 11.1 Å². The molecule has 2 aromatic carbocycles. The minimum atomic E-state index is -0.410. The van der Waals surface area contributed by atoms with Gasteiger partial charge in [0.2, 0.25) is 0 Å². The van der Waals surface area contributed by atoms with Gasteiger partial charge in [0, 0.05) is 16.8 Å². The molecule has 1 amide bonds. The van der Waals surface area contributed by atoms with Gasteiger partial charge < -0.3 is 10.1 Å². The lowest BCUT2D eigenvalue weighted by Gasteiger charge is -2.07. The number of nitrogens with one attached hydrogen (secondary N) is 2. The molecule has 4 rings (SSSR count). The van der Waals surface area contributed by atoms with Crippen LogP contribution < -0.4 is 5.32 Å². The van der Waals surface area contributed by atoms with Crippen LogP contribution in [-0.2, 0) is 11.3 Å². The monoisotopic (exact) mass is 435 g/mol. The van der Waals surface area contributed by atoms with Gasteiger partial charge in [-0.25, -0.2) is 4.79 Å². The number of aromatic amines is 1. The maximum Gasteiger partial charge on any atom is 0.338 e. The number of anilines is 1. The van der Waals surface area contributed by atoms with Gasteiger partial charge in [-0.3, -0.25) is 14.6 Å². The van der Waals surface area contributed by atoms with Crippen molar-refractivity contribution in [3.05, 3.63) is 88.8 Å². The standard InChI is InChI=1S/C22H18ClN5O3/c1-31-22(30)18-5-3-2-4-15(18)12-28-13-17(11-24-28)25-21(29)20-10-19(26-27-20)14-6-8-16(23)9-7-14/h2-11,13H,12H2,1H3,(H,25,29)(H,26,27). The largest absolute Gasteiger partial charge is 0.465 e. The summed E-state index contributed by atoms with van der Waals surface area (Å²) in [4.78, 5) is 24.5. The molecule has 156 valence electrons. The van der Waals surface area contributed by atoms with Gasteiger partial charge in [0.25, 0.3) is 5.91 Å². The number of rotatable bonds is 6. The normalized spacial score (nSPS) is 10.6. The van der Waals surface area contributed by atoms with Crippen LogP contribution in [0.4, 0.5) is 5.69 Å². The molecule has 0 aliphatic heterocycles. The van der Waals surface area contributed by atoms with E-state index < -0.39 is 5.97 Å². The first kappa shape index (κ1) is 20.4. The quantitative estimate of drug-likeness (QED) is 0.445. The fraction of sp³-hybridized carbons (Fsp3) is 0.0909. The molecule has 2 N–H and O–H groups in total. The number of ether oxygens (including phenoxy) is 1. The van der Waals surface area contributed by atoms with Gasteiger partial charge in [-0.15, -0.1) is 0 Å². The van der Waals surface area contributed by atoms with Gasteiger partial charge in [-0.2, -0.15) is 10.2 Å². The lowest BCUT2D eigenvalue weighted by atomic mass is 10.1. The SMILES string of the molecule is COC(=O)c1ccccc1Cn1cc(NC(=O)c2cc(-c3ccc(Cl)cc3)n[nH]2)cn1. The first-order chi connectivity index (χ1) is 15.0. The van der Waals surface area contributed by atoms with E-state index in [9.17, 15) is 9.59 Å². The Labute approximate surface area is 182 Å². The molecule has 0 aliphatic rings. The van der Waals surface area contributed by atoms with E-state index in [2.05, 4.69) is 20.6 Å². The third kappa shape index (κ3) is 4.65. The number of amides is 1. The zero-order valence-electron chi connectivity index (χ0n) is 16.5. The second-order valence-corrected chi connectivity index (χ2v) is 7.14. The molecular formula is C22H18ClN5O3. The molecule has 2 aromatic heterocycles. The van der Waals surface area contributed by atoms with E-state index in [1.165, 1.54) is 13.3 Å². The van der Waals surface area contributed by atoms with Crippen LogP contribution in [0.5, 0.6) is 0 Å². The van der Waals surface area contributed by atoms with Crippen molar-refractivity contribution in [2.75, 3.05) is 12.4 Å². The molecule has 0 fully saturated rings. The molecule has 0 atom stereocenters. The summed E-state index contributed by atoms with van der Waals surface area (Å²) in [5.74, 6) is -0.755. The number of carbonyl (C=O) groups is 2. The van der Waals surface area contributed by atoms with E-state index in [0.29, 0.717) is 34.2 Å². The smallest absolute Gasteiger partial charge is 0.338 e. The topological polar surface area (TPSA) is 102 Å². The van der Waals surface area contributed by atoms with Crippen LogP contribution in [0, 0.1) is 0 Å². The molecule has 0 saturated heterocycles. The third-order valence-electron chi connectivity index (χ3n) is 4.61. The summed E-state index contributed by atoms with van der Waals surface area (Å²) >= 11 is 5.91. The molecule has 0 radical (unpaired) electrons. The summed E-state index contributed by atoms with van der Waals surface area (Å²) in [7, 11) is 1.34. The minimum absolute atomic E-state index is 0.314. The van der Waals surface area contributed by atoms with E-state index in [1.54, 1.807) is 41.2 Å². The second-order valence-electron chi connectivity index (χ2n) is 6.70. The highest BCUT2D eigenvalue weighted by atomic mass is 35.5. The highest BCUT2D eigenvalue weighted by Crippen LogP contribution is 2.21. The molecule has 4 aromatic rings. The number of carbonyl (C=O) groups excluding carboxylic acids is 2. The number of aromatic nitrogens is 4.